The lowest BCUT2D eigenvalue weighted by atomic mass is 10.2. The van der Waals surface area contributed by atoms with Gasteiger partial charge in [0, 0.05) is 32.2 Å². The summed E-state index contributed by atoms with van der Waals surface area (Å²) in [5.41, 5.74) is 0. The molecule has 0 aromatic carbocycles. The molecule has 7 heteroatoms. The van der Waals surface area contributed by atoms with Crippen molar-refractivity contribution in [2.45, 2.75) is 37.8 Å². The highest BCUT2D eigenvalue weighted by atomic mass is 35.5. The Morgan fingerprint density at radius 2 is 1.81 bits per heavy atom. The lowest BCUT2D eigenvalue weighted by Crippen LogP contribution is -2.54. The second kappa shape index (κ2) is 7.42. The Morgan fingerprint density at radius 3 is 2.38 bits per heavy atom. The summed E-state index contributed by atoms with van der Waals surface area (Å²) >= 11 is 0. The molecule has 1 atom stereocenters. The second-order valence-electron chi connectivity index (χ2n) is 6.09. The van der Waals surface area contributed by atoms with Crippen LogP contribution in [0, 0.1) is 0 Å². The third-order valence-electron chi connectivity index (χ3n) is 4.35. The quantitative estimate of drug-likeness (QED) is 0.740. The van der Waals surface area contributed by atoms with E-state index in [2.05, 4.69) is 15.5 Å². The lowest BCUT2D eigenvalue weighted by molar-refractivity contribution is -0.135. The van der Waals surface area contributed by atoms with E-state index in [1.54, 1.807) is 0 Å². The van der Waals surface area contributed by atoms with Crippen molar-refractivity contribution in [1.29, 1.82) is 0 Å². The van der Waals surface area contributed by atoms with Crippen LogP contribution in [0.2, 0.25) is 0 Å². The van der Waals surface area contributed by atoms with Crippen molar-refractivity contribution in [2.24, 2.45) is 0 Å². The highest BCUT2D eigenvalue weighted by molar-refractivity contribution is 5.85. The number of halogens is 1. The first-order chi connectivity index (χ1) is 9.72. The fourth-order valence-corrected chi connectivity index (χ4v) is 2.95. The highest BCUT2D eigenvalue weighted by Gasteiger charge is 2.30. The lowest BCUT2D eigenvalue weighted by Gasteiger charge is -2.35. The summed E-state index contributed by atoms with van der Waals surface area (Å²) in [6.45, 7) is 4.52. The van der Waals surface area contributed by atoms with E-state index >= 15 is 0 Å². The number of nitrogens with one attached hydrogen (secondary N) is 2. The molecule has 2 amide bonds. The minimum absolute atomic E-state index is 0. The molecule has 2 saturated heterocycles. The number of rotatable bonds is 4. The maximum Gasteiger partial charge on any atom is 0.239 e. The Labute approximate surface area is 132 Å². The zero-order valence-electron chi connectivity index (χ0n) is 12.3. The second-order valence-corrected chi connectivity index (χ2v) is 6.09. The summed E-state index contributed by atoms with van der Waals surface area (Å²) in [5.74, 6) is 0.370. The molecule has 2 heterocycles. The Morgan fingerprint density at radius 1 is 1.10 bits per heavy atom. The largest absolute Gasteiger partial charge is 0.352 e. The van der Waals surface area contributed by atoms with E-state index in [-0.39, 0.29) is 30.3 Å². The third kappa shape index (κ3) is 4.56. The van der Waals surface area contributed by atoms with Gasteiger partial charge in [-0.3, -0.25) is 14.5 Å². The number of amides is 2. The van der Waals surface area contributed by atoms with E-state index in [1.807, 2.05) is 4.90 Å². The molecule has 0 aromatic heterocycles. The average Bonchev–Trinajstić information content (AvgIpc) is 3.08. The van der Waals surface area contributed by atoms with Gasteiger partial charge in [0.25, 0.3) is 0 Å². The van der Waals surface area contributed by atoms with Crippen LogP contribution in [0.3, 0.4) is 0 Å². The fourth-order valence-electron chi connectivity index (χ4n) is 2.95. The minimum atomic E-state index is 0. The number of nitrogens with zero attached hydrogens (tertiary/aromatic N) is 2. The van der Waals surface area contributed by atoms with E-state index in [4.69, 9.17) is 0 Å². The first-order valence-electron chi connectivity index (χ1n) is 7.76. The van der Waals surface area contributed by atoms with Crippen LogP contribution < -0.4 is 10.6 Å². The van der Waals surface area contributed by atoms with E-state index in [9.17, 15) is 9.59 Å². The zero-order valence-corrected chi connectivity index (χ0v) is 13.2. The average molecular weight is 317 g/mol. The smallest absolute Gasteiger partial charge is 0.239 e. The van der Waals surface area contributed by atoms with Gasteiger partial charge in [-0.2, -0.15) is 0 Å². The molecule has 6 nitrogen and oxygen atoms in total. The molecule has 120 valence electrons. The van der Waals surface area contributed by atoms with Gasteiger partial charge in [0.15, 0.2) is 0 Å². The molecule has 3 fully saturated rings. The van der Waals surface area contributed by atoms with Crippen LogP contribution in [0.25, 0.3) is 0 Å². The first-order valence-corrected chi connectivity index (χ1v) is 7.76. The van der Waals surface area contributed by atoms with Crippen molar-refractivity contribution in [2.75, 3.05) is 39.3 Å². The molecule has 1 unspecified atom stereocenters. The van der Waals surface area contributed by atoms with E-state index < -0.39 is 0 Å². The third-order valence-corrected chi connectivity index (χ3v) is 4.35. The Bertz CT molecular complexity index is 375. The monoisotopic (exact) mass is 316 g/mol. The highest BCUT2D eigenvalue weighted by Crippen LogP contribution is 2.18. The topological polar surface area (TPSA) is 64.7 Å². The van der Waals surface area contributed by atoms with Gasteiger partial charge in [-0.15, -0.1) is 12.4 Å². The maximum absolute atomic E-state index is 12.2. The zero-order chi connectivity index (χ0) is 13.9. The summed E-state index contributed by atoms with van der Waals surface area (Å²) in [6.07, 6.45) is 4.31. The molecular weight excluding hydrogens is 292 g/mol. The molecule has 0 spiro atoms. The number of hydrogen-bond acceptors (Lipinski definition) is 4. The molecule has 21 heavy (non-hydrogen) atoms. The molecule has 3 rings (SSSR count). The van der Waals surface area contributed by atoms with Crippen molar-refractivity contribution >= 4 is 24.2 Å². The normalized spacial score (nSPS) is 26.3. The van der Waals surface area contributed by atoms with Gasteiger partial charge in [-0.25, -0.2) is 0 Å². The van der Waals surface area contributed by atoms with E-state index in [0.29, 0.717) is 12.6 Å². The molecule has 0 radical (unpaired) electrons. The predicted molar refractivity (Wildman–Crippen MR) is 82.5 cm³/mol. The molecular formula is C14H25ClN4O2. The predicted octanol–water partition coefficient (Wildman–Crippen LogP) is -0.417. The molecule has 2 N–H and O–H groups in total. The molecule has 1 aliphatic carbocycles. The van der Waals surface area contributed by atoms with Gasteiger partial charge in [-0.05, 0) is 32.2 Å². The number of piperazine rings is 1. The maximum atomic E-state index is 12.2. The van der Waals surface area contributed by atoms with Crippen molar-refractivity contribution < 1.29 is 9.59 Å². The number of hydrogen-bond donors (Lipinski definition) is 2. The van der Waals surface area contributed by atoms with Crippen LogP contribution in [-0.4, -0.2) is 73.0 Å². The standard InChI is InChI=1S/C14H24N4O2.ClH/c19-13(16-11-3-4-11)10-17-6-8-18(9-7-17)14(20)12-2-1-5-15-12;/h11-12,15H,1-10H2,(H,16,19);1H. The van der Waals surface area contributed by atoms with Crippen LogP contribution in [0.4, 0.5) is 0 Å². The molecule has 0 bridgehead atoms. The van der Waals surface area contributed by atoms with Gasteiger partial charge in [0.05, 0.1) is 12.6 Å². The summed E-state index contributed by atoms with van der Waals surface area (Å²) in [5, 5.41) is 6.27. The summed E-state index contributed by atoms with van der Waals surface area (Å²) in [6, 6.07) is 0.457. The van der Waals surface area contributed by atoms with Gasteiger partial charge in [0.1, 0.15) is 0 Å². The fraction of sp³-hybridized carbons (Fsp3) is 0.857. The van der Waals surface area contributed by atoms with Crippen molar-refractivity contribution in [3.05, 3.63) is 0 Å². The Kier molecular flexibility index (Phi) is 5.84. The van der Waals surface area contributed by atoms with Crippen LogP contribution in [0.15, 0.2) is 0 Å². The van der Waals surface area contributed by atoms with E-state index in [1.165, 1.54) is 0 Å². The molecule has 1 saturated carbocycles. The minimum Gasteiger partial charge on any atom is -0.352 e. The van der Waals surface area contributed by atoms with Gasteiger partial charge < -0.3 is 15.5 Å². The molecule has 3 aliphatic rings. The number of carbonyl (C=O) groups is 2. The van der Waals surface area contributed by atoms with Crippen molar-refractivity contribution in [1.82, 2.24) is 20.4 Å². The van der Waals surface area contributed by atoms with E-state index in [0.717, 1.165) is 58.4 Å². The summed E-state index contributed by atoms with van der Waals surface area (Å²) in [4.78, 5) is 28.1. The number of carbonyl (C=O) groups excluding carboxylic acids is 2. The van der Waals surface area contributed by atoms with Crippen molar-refractivity contribution in [3.8, 4) is 0 Å². The molecule has 2 aliphatic heterocycles. The Hall–Kier alpha value is -0.850. The van der Waals surface area contributed by atoms with Gasteiger partial charge in [-0.1, -0.05) is 0 Å². The van der Waals surface area contributed by atoms with Crippen LogP contribution in [-0.2, 0) is 9.59 Å². The van der Waals surface area contributed by atoms with Crippen LogP contribution in [0.1, 0.15) is 25.7 Å². The SMILES string of the molecule is Cl.O=C(CN1CCN(C(=O)C2CCCN2)CC1)NC1CC1. The van der Waals surface area contributed by atoms with Crippen molar-refractivity contribution in [3.63, 3.8) is 0 Å². The summed E-state index contributed by atoms with van der Waals surface area (Å²) < 4.78 is 0. The first kappa shape index (κ1) is 16.5. The van der Waals surface area contributed by atoms with Crippen LogP contribution >= 0.6 is 12.4 Å². The molecule has 0 aromatic rings. The van der Waals surface area contributed by atoms with Crippen LogP contribution in [0.5, 0.6) is 0 Å². The van der Waals surface area contributed by atoms with Gasteiger partial charge in [0.2, 0.25) is 11.8 Å². The Balaban J connectivity index is 0.00000161. The summed E-state index contributed by atoms with van der Waals surface area (Å²) in [7, 11) is 0. The van der Waals surface area contributed by atoms with Gasteiger partial charge >= 0.3 is 0 Å².